The summed E-state index contributed by atoms with van der Waals surface area (Å²) in [6.07, 6.45) is 2.27. The Bertz CT molecular complexity index is 956. The van der Waals surface area contributed by atoms with Crippen molar-refractivity contribution in [3.8, 4) is 16.9 Å². The van der Waals surface area contributed by atoms with E-state index in [1.165, 1.54) is 0 Å². The Labute approximate surface area is 160 Å². The highest BCUT2D eigenvalue weighted by atomic mass is 35.5. The van der Waals surface area contributed by atoms with E-state index in [9.17, 15) is 4.79 Å². The molecule has 26 heavy (non-hydrogen) atoms. The van der Waals surface area contributed by atoms with Gasteiger partial charge in [0, 0.05) is 23.9 Å². The summed E-state index contributed by atoms with van der Waals surface area (Å²) >= 11 is 8.08. The molecule has 0 bridgehead atoms. The van der Waals surface area contributed by atoms with Crippen molar-refractivity contribution in [3.63, 3.8) is 0 Å². The molecule has 3 heterocycles. The highest BCUT2D eigenvalue weighted by Gasteiger charge is 2.26. The number of benzene rings is 1. The Hall–Kier alpha value is -2.37. The second kappa shape index (κ2) is 7.09. The largest absolute Gasteiger partial charge is 0.486 e. The van der Waals surface area contributed by atoms with Gasteiger partial charge in [-0.3, -0.25) is 9.78 Å². The molecule has 4 rings (SSSR count). The van der Waals surface area contributed by atoms with Crippen molar-refractivity contribution in [2.45, 2.75) is 19.4 Å². The normalized spacial score (nSPS) is 15.4. The number of hydrogen-bond acceptors (Lipinski definition) is 4. The van der Waals surface area contributed by atoms with Crippen molar-refractivity contribution >= 4 is 28.8 Å². The standard InChI is InChI=1S/C20H17ClN2O2S/c1-12-17(3-2-5-22-12)20(24)23-10-16-8-15-7-14(13-4-6-26-11-13)9-18(21)19(15)25-16/h2-7,9,11,16H,8,10H2,1H3,(H,23,24)/t16-/m0/s1. The topological polar surface area (TPSA) is 51.2 Å². The third kappa shape index (κ3) is 3.32. The van der Waals surface area contributed by atoms with Crippen LogP contribution in [0.25, 0.3) is 11.1 Å². The van der Waals surface area contributed by atoms with Crippen LogP contribution in [0.15, 0.2) is 47.3 Å². The molecule has 0 saturated carbocycles. The van der Waals surface area contributed by atoms with E-state index in [4.69, 9.17) is 16.3 Å². The first kappa shape index (κ1) is 17.1. The Morgan fingerprint density at radius 2 is 2.27 bits per heavy atom. The first-order valence-corrected chi connectivity index (χ1v) is 9.65. The number of nitrogens with one attached hydrogen (secondary N) is 1. The summed E-state index contributed by atoms with van der Waals surface area (Å²) in [6.45, 7) is 2.24. The quantitative estimate of drug-likeness (QED) is 0.720. The second-order valence-electron chi connectivity index (χ2n) is 6.25. The average molecular weight is 385 g/mol. The highest BCUT2D eigenvalue weighted by Crippen LogP contribution is 2.39. The summed E-state index contributed by atoms with van der Waals surface area (Å²) < 4.78 is 5.97. The van der Waals surface area contributed by atoms with Crippen LogP contribution in [0.1, 0.15) is 21.6 Å². The minimum absolute atomic E-state index is 0.124. The first-order valence-electron chi connectivity index (χ1n) is 8.33. The number of pyridine rings is 1. The van der Waals surface area contributed by atoms with Crippen LogP contribution in [0.5, 0.6) is 5.75 Å². The minimum atomic E-state index is -0.139. The molecule has 2 aromatic heterocycles. The minimum Gasteiger partial charge on any atom is -0.486 e. The van der Waals surface area contributed by atoms with Gasteiger partial charge in [-0.15, -0.1) is 0 Å². The molecule has 0 spiro atoms. The number of halogens is 1. The van der Waals surface area contributed by atoms with Gasteiger partial charge in [-0.2, -0.15) is 11.3 Å². The van der Waals surface area contributed by atoms with Gasteiger partial charge in [-0.05, 0) is 59.1 Å². The van der Waals surface area contributed by atoms with Crippen LogP contribution in [-0.4, -0.2) is 23.5 Å². The number of fused-ring (bicyclic) bond motifs is 1. The lowest BCUT2D eigenvalue weighted by molar-refractivity contribution is 0.0932. The second-order valence-corrected chi connectivity index (χ2v) is 7.44. The fraction of sp³-hybridized carbons (Fsp3) is 0.200. The Balaban J connectivity index is 1.45. The predicted molar refractivity (Wildman–Crippen MR) is 104 cm³/mol. The van der Waals surface area contributed by atoms with Crippen LogP contribution >= 0.6 is 22.9 Å². The number of carbonyl (C=O) groups is 1. The van der Waals surface area contributed by atoms with E-state index in [0.717, 1.165) is 28.9 Å². The number of rotatable bonds is 4. The number of carbonyl (C=O) groups excluding carboxylic acids is 1. The Kier molecular flexibility index (Phi) is 4.66. The van der Waals surface area contributed by atoms with E-state index >= 15 is 0 Å². The van der Waals surface area contributed by atoms with E-state index in [1.807, 2.05) is 18.4 Å². The number of thiophene rings is 1. The zero-order valence-electron chi connectivity index (χ0n) is 14.2. The van der Waals surface area contributed by atoms with E-state index in [0.29, 0.717) is 22.8 Å². The van der Waals surface area contributed by atoms with Crippen LogP contribution in [0.2, 0.25) is 5.02 Å². The molecule has 0 unspecified atom stereocenters. The number of amides is 1. The maximum absolute atomic E-state index is 12.3. The van der Waals surface area contributed by atoms with Crippen LogP contribution in [0, 0.1) is 6.92 Å². The van der Waals surface area contributed by atoms with Gasteiger partial charge < -0.3 is 10.1 Å². The van der Waals surface area contributed by atoms with Gasteiger partial charge in [0.1, 0.15) is 11.9 Å². The summed E-state index contributed by atoms with van der Waals surface area (Å²) in [5.41, 5.74) is 4.62. The van der Waals surface area contributed by atoms with Crippen molar-refractivity contribution < 1.29 is 9.53 Å². The van der Waals surface area contributed by atoms with Crippen molar-refractivity contribution in [2.24, 2.45) is 0 Å². The lowest BCUT2D eigenvalue weighted by Gasteiger charge is -2.13. The van der Waals surface area contributed by atoms with E-state index in [-0.39, 0.29) is 12.0 Å². The van der Waals surface area contributed by atoms with Gasteiger partial charge in [-0.1, -0.05) is 11.6 Å². The fourth-order valence-electron chi connectivity index (χ4n) is 3.12. The van der Waals surface area contributed by atoms with Crippen LogP contribution in [-0.2, 0) is 6.42 Å². The molecule has 1 aliphatic rings. The van der Waals surface area contributed by atoms with Gasteiger partial charge in [0.25, 0.3) is 5.91 Å². The predicted octanol–water partition coefficient (Wildman–Crippen LogP) is 4.51. The van der Waals surface area contributed by atoms with Crippen molar-refractivity contribution in [3.05, 3.63) is 69.1 Å². The molecule has 132 valence electrons. The van der Waals surface area contributed by atoms with Crippen molar-refractivity contribution in [1.82, 2.24) is 10.3 Å². The summed E-state index contributed by atoms with van der Waals surface area (Å²) in [5.74, 6) is 0.586. The maximum atomic E-state index is 12.3. The summed E-state index contributed by atoms with van der Waals surface area (Å²) in [4.78, 5) is 16.5. The molecule has 1 amide bonds. The smallest absolute Gasteiger partial charge is 0.253 e. The maximum Gasteiger partial charge on any atom is 0.253 e. The average Bonchev–Trinajstić information content (AvgIpc) is 3.29. The van der Waals surface area contributed by atoms with Crippen LogP contribution in [0.3, 0.4) is 0 Å². The van der Waals surface area contributed by atoms with E-state index in [1.54, 1.807) is 29.7 Å². The summed E-state index contributed by atoms with van der Waals surface area (Å²) in [5, 5.41) is 7.69. The highest BCUT2D eigenvalue weighted by molar-refractivity contribution is 7.08. The van der Waals surface area contributed by atoms with E-state index in [2.05, 4.69) is 27.8 Å². The zero-order valence-corrected chi connectivity index (χ0v) is 15.7. The Morgan fingerprint density at radius 3 is 3.04 bits per heavy atom. The van der Waals surface area contributed by atoms with Gasteiger partial charge in [-0.25, -0.2) is 0 Å². The molecule has 3 aromatic rings. The number of aromatic nitrogens is 1. The molecule has 1 aromatic carbocycles. The van der Waals surface area contributed by atoms with Gasteiger partial charge in [0.15, 0.2) is 0 Å². The molecule has 1 N–H and O–H groups in total. The van der Waals surface area contributed by atoms with Crippen LogP contribution < -0.4 is 10.1 Å². The molecule has 6 heteroatoms. The molecule has 0 radical (unpaired) electrons. The molecule has 1 atom stereocenters. The molecular weight excluding hydrogens is 368 g/mol. The molecular formula is C20H17ClN2O2S. The van der Waals surface area contributed by atoms with Gasteiger partial charge in [0.2, 0.25) is 0 Å². The summed E-state index contributed by atoms with van der Waals surface area (Å²) in [7, 11) is 0. The SMILES string of the molecule is Cc1ncccc1C(=O)NC[C@@H]1Cc2cc(-c3ccsc3)cc(Cl)c2O1. The van der Waals surface area contributed by atoms with E-state index < -0.39 is 0 Å². The number of aryl methyl sites for hydroxylation is 1. The number of hydrogen-bond donors (Lipinski definition) is 1. The lowest BCUT2D eigenvalue weighted by atomic mass is 10.0. The third-order valence-electron chi connectivity index (χ3n) is 4.45. The molecule has 0 aliphatic carbocycles. The molecule has 1 aliphatic heterocycles. The van der Waals surface area contributed by atoms with Crippen LogP contribution in [0.4, 0.5) is 0 Å². The molecule has 4 nitrogen and oxygen atoms in total. The van der Waals surface area contributed by atoms with Crippen molar-refractivity contribution in [2.75, 3.05) is 6.54 Å². The Morgan fingerprint density at radius 1 is 1.38 bits per heavy atom. The molecule has 0 fully saturated rings. The first-order chi connectivity index (χ1) is 12.6. The number of ether oxygens (including phenoxy) is 1. The molecule has 0 saturated heterocycles. The fourth-order valence-corrected chi connectivity index (χ4v) is 4.07. The van der Waals surface area contributed by atoms with Gasteiger partial charge >= 0.3 is 0 Å². The van der Waals surface area contributed by atoms with Crippen molar-refractivity contribution in [1.29, 1.82) is 0 Å². The monoisotopic (exact) mass is 384 g/mol. The third-order valence-corrected chi connectivity index (χ3v) is 5.41. The number of nitrogens with zero attached hydrogens (tertiary/aromatic N) is 1. The lowest BCUT2D eigenvalue weighted by Crippen LogP contribution is -2.34. The zero-order chi connectivity index (χ0) is 18.1. The van der Waals surface area contributed by atoms with Gasteiger partial charge in [0.05, 0.1) is 17.1 Å². The summed E-state index contributed by atoms with van der Waals surface area (Å²) in [6, 6.07) is 9.66.